The summed E-state index contributed by atoms with van der Waals surface area (Å²) in [5.74, 6) is 0.894. The van der Waals surface area contributed by atoms with Gasteiger partial charge in [-0.1, -0.05) is 36.4 Å². The molecule has 0 aliphatic carbocycles. The molecule has 4 rings (SSSR count). The Morgan fingerprint density at radius 3 is 2.45 bits per heavy atom. The van der Waals surface area contributed by atoms with Crippen molar-refractivity contribution in [3.05, 3.63) is 59.2 Å². The van der Waals surface area contributed by atoms with Gasteiger partial charge in [0.15, 0.2) is 12.6 Å². The third kappa shape index (κ3) is 4.27. The van der Waals surface area contributed by atoms with Gasteiger partial charge in [0.2, 0.25) is 0 Å². The Morgan fingerprint density at radius 1 is 1.07 bits per heavy atom. The van der Waals surface area contributed by atoms with Crippen molar-refractivity contribution in [3.63, 3.8) is 0 Å². The molecule has 0 unspecified atom stereocenters. The lowest BCUT2D eigenvalue weighted by molar-refractivity contribution is -0.895. The first-order valence-corrected chi connectivity index (χ1v) is 10.2. The number of piperazine rings is 1. The van der Waals surface area contributed by atoms with Crippen molar-refractivity contribution in [2.75, 3.05) is 38.0 Å². The van der Waals surface area contributed by atoms with E-state index in [-0.39, 0.29) is 11.8 Å². The van der Waals surface area contributed by atoms with Gasteiger partial charge in [0.25, 0.3) is 11.8 Å². The van der Waals surface area contributed by atoms with Gasteiger partial charge in [-0.3, -0.25) is 9.59 Å². The van der Waals surface area contributed by atoms with Gasteiger partial charge in [-0.15, -0.1) is 0 Å². The van der Waals surface area contributed by atoms with Crippen LogP contribution in [-0.2, 0) is 16.0 Å². The third-order valence-corrected chi connectivity index (χ3v) is 5.86. The van der Waals surface area contributed by atoms with Crippen LogP contribution in [0.1, 0.15) is 16.7 Å². The molecule has 152 valence electrons. The first-order chi connectivity index (χ1) is 14.0. The van der Waals surface area contributed by atoms with Crippen LogP contribution in [0.4, 0.5) is 5.69 Å². The van der Waals surface area contributed by atoms with Gasteiger partial charge in [-0.25, -0.2) is 0 Å². The molecule has 1 fully saturated rings. The monoisotopic (exact) mass is 394 g/mol. The van der Waals surface area contributed by atoms with E-state index in [4.69, 9.17) is 4.74 Å². The van der Waals surface area contributed by atoms with Crippen molar-refractivity contribution in [2.45, 2.75) is 26.4 Å². The van der Waals surface area contributed by atoms with Crippen molar-refractivity contribution in [1.29, 1.82) is 0 Å². The van der Waals surface area contributed by atoms with Crippen LogP contribution < -0.4 is 15.0 Å². The van der Waals surface area contributed by atoms with Crippen LogP contribution in [-0.4, -0.2) is 55.5 Å². The molecule has 2 amide bonds. The van der Waals surface area contributed by atoms with Crippen LogP contribution in [0.3, 0.4) is 0 Å². The molecule has 29 heavy (non-hydrogen) atoms. The molecule has 0 bridgehead atoms. The summed E-state index contributed by atoms with van der Waals surface area (Å²) in [5.41, 5.74) is 4.14. The van der Waals surface area contributed by atoms with Gasteiger partial charge in [0.1, 0.15) is 5.75 Å². The molecule has 1 saturated heterocycles. The molecule has 6 heteroatoms. The maximum atomic E-state index is 12.8. The van der Waals surface area contributed by atoms with Gasteiger partial charge in [0, 0.05) is 12.1 Å². The highest BCUT2D eigenvalue weighted by molar-refractivity contribution is 5.93. The Hall–Kier alpha value is -2.86. The van der Waals surface area contributed by atoms with E-state index < -0.39 is 6.10 Å². The number of anilines is 1. The molecule has 2 aliphatic rings. The van der Waals surface area contributed by atoms with E-state index in [0.29, 0.717) is 26.1 Å². The average molecular weight is 394 g/mol. The number of hydrogen-bond donors (Lipinski definition) is 2. The highest BCUT2D eigenvalue weighted by Crippen LogP contribution is 2.28. The fourth-order valence-corrected chi connectivity index (χ4v) is 4.17. The number of para-hydroxylation sites is 2. The van der Waals surface area contributed by atoms with E-state index in [1.165, 1.54) is 4.90 Å². The van der Waals surface area contributed by atoms with E-state index in [0.717, 1.165) is 41.2 Å². The topological polar surface area (TPSA) is 63.1 Å². The maximum Gasteiger partial charge on any atom is 0.279 e. The van der Waals surface area contributed by atoms with E-state index >= 15 is 0 Å². The maximum absolute atomic E-state index is 12.8. The van der Waals surface area contributed by atoms with Crippen LogP contribution >= 0.6 is 0 Å². The molecule has 2 N–H and O–H groups in total. The van der Waals surface area contributed by atoms with Gasteiger partial charge in [-0.2, -0.15) is 0 Å². The predicted octanol–water partition coefficient (Wildman–Crippen LogP) is 0.973. The summed E-state index contributed by atoms with van der Waals surface area (Å²) in [4.78, 5) is 28.4. The fraction of sp³-hybridized carbons (Fsp3) is 0.391. The zero-order valence-electron chi connectivity index (χ0n) is 17.0. The van der Waals surface area contributed by atoms with Crippen molar-refractivity contribution in [2.24, 2.45) is 0 Å². The first-order valence-electron chi connectivity index (χ1n) is 10.2. The smallest absolute Gasteiger partial charge is 0.279 e. The number of carbonyl (C=O) groups excluding carboxylic acids is 2. The summed E-state index contributed by atoms with van der Waals surface area (Å²) in [5, 5.41) is 3.05. The Balaban J connectivity index is 1.26. The standard InChI is InChI=1S/C23H27N3O3/c1-16-6-5-7-17(2)22(16)24-21(27)15-25-10-12-26(13-11-25)23(28)20-14-18-8-3-4-9-19(18)29-20/h3-9,20H,10-15H2,1-2H3,(H,24,27)/p+1/t20-/m0/s1. The van der Waals surface area contributed by atoms with E-state index in [1.807, 2.05) is 61.2 Å². The number of nitrogens with zero attached hydrogens (tertiary/aromatic N) is 1. The second-order valence-electron chi connectivity index (χ2n) is 7.99. The van der Waals surface area contributed by atoms with Gasteiger partial charge < -0.3 is 19.9 Å². The largest absolute Gasteiger partial charge is 0.480 e. The Bertz CT molecular complexity index is 874. The van der Waals surface area contributed by atoms with Crippen molar-refractivity contribution < 1.29 is 19.2 Å². The second kappa shape index (κ2) is 8.25. The average Bonchev–Trinajstić information content (AvgIpc) is 3.15. The van der Waals surface area contributed by atoms with E-state index in [9.17, 15) is 9.59 Å². The zero-order chi connectivity index (χ0) is 20.4. The lowest BCUT2D eigenvalue weighted by Gasteiger charge is -2.33. The summed E-state index contributed by atoms with van der Waals surface area (Å²) >= 11 is 0. The normalized spacial score (nSPS) is 18.8. The third-order valence-electron chi connectivity index (χ3n) is 5.86. The van der Waals surface area contributed by atoms with Crippen molar-refractivity contribution in [1.82, 2.24) is 4.90 Å². The molecule has 2 heterocycles. The number of fused-ring (bicyclic) bond motifs is 1. The molecule has 6 nitrogen and oxygen atoms in total. The van der Waals surface area contributed by atoms with E-state index in [2.05, 4.69) is 5.32 Å². The van der Waals surface area contributed by atoms with Crippen molar-refractivity contribution >= 4 is 17.5 Å². The zero-order valence-corrected chi connectivity index (χ0v) is 17.0. The number of carbonyl (C=O) groups is 2. The Morgan fingerprint density at radius 2 is 1.76 bits per heavy atom. The number of ether oxygens (including phenoxy) is 1. The van der Waals surface area contributed by atoms with Crippen LogP contribution in [0.25, 0.3) is 0 Å². The molecule has 2 aliphatic heterocycles. The first kappa shape index (κ1) is 19.5. The van der Waals surface area contributed by atoms with E-state index in [1.54, 1.807) is 0 Å². The molecule has 2 aromatic carbocycles. The van der Waals surface area contributed by atoms with Crippen LogP contribution in [0, 0.1) is 13.8 Å². The summed E-state index contributed by atoms with van der Waals surface area (Å²) in [6.45, 7) is 7.27. The number of benzene rings is 2. The number of hydrogen-bond acceptors (Lipinski definition) is 3. The van der Waals surface area contributed by atoms with Crippen LogP contribution in [0.15, 0.2) is 42.5 Å². The highest BCUT2D eigenvalue weighted by Gasteiger charge is 2.34. The van der Waals surface area contributed by atoms with Crippen LogP contribution in [0.2, 0.25) is 0 Å². The molecule has 0 radical (unpaired) electrons. The summed E-state index contributed by atoms with van der Waals surface area (Å²) < 4.78 is 5.84. The number of aryl methyl sites for hydroxylation is 2. The molecule has 0 spiro atoms. The molecule has 0 aromatic heterocycles. The van der Waals surface area contributed by atoms with Crippen LogP contribution in [0.5, 0.6) is 5.75 Å². The number of quaternary nitrogens is 1. The lowest BCUT2D eigenvalue weighted by atomic mass is 10.1. The van der Waals surface area contributed by atoms with Gasteiger partial charge in [0.05, 0.1) is 26.2 Å². The van der Waals surface area contributed by atoms with Crippen molar-refractivity contribution in [3.8, 4) is 5.75 Å². The summed E-state index contributed by atoms with van der Waals surface area (Å²) in [6, 6.07) is 13.8. The molecular formula is C23H28N3O3+. The van der Waals surface area contributed by atoms with Gasteiger partial charge >= 0.3 is 0 Å². The summed E-state index contributed by atoms with van der Waals surface area (Å²) in [7, 11) is 0. The Kier molecular flexibility index (Phi) is 5.53. The molecule has 1 atom stereocenters. The highest BCUT2D eigenvalue weighted by atomic mass is 16.5. The molecule has 0 saturated carbocycles. The fourth-order valence-electron chi connectivity index (χ4n) is 4.17. The SMILES string of the molecule is Cc1cccc(C)c1NC(=O)C[NH+]1CCN(C(=O)[C@@H]2Cc3ccccc3O2)CC1. The quantitative estimate of drug-likeness (QED) is 0.813. The number of amides is 2. The minimum Gasteiger partial charge on any atom is -0.480 e. The number of rotatable bonds is 4. The number of nitrogens with one attached hydrogen (secondary N) is 2. The minimum atomic E-state index is -0.415. The van der Waals surface area contributed by atoms with Gasteiger partial charge in [-0.05, 0) is 36.6 Å². The molecule has 2 aromatic rings. The predicted molar refractivity (Wildman–Crippen MR) is 111 cm³/mol. The Labute approximate surface area is 171 Å². The molecular weight excluding hydrogens is 366 g/mol. The second-order valence-corrected chi connectivity index (χ2v) is 7.99. The lowest BCUT2D eigenvalue weighted by Crippen LogP contribution is -3.15. The summed E-state index contributed by atoms with van der Waals surface area (Å²) in [6.07, 6.45) is 0.224. The minimum absolute atomic E-state index is 0.0201.